The SMILES string of the molecule is OC[C@@H]1CCCN(CCc2ccccc2Cl)C1. The van der Waals surface area contributed by atoms with Gasteiger partial charge in [-0.05, 0) is 43.4 Å². The lowest BCUT2D eigenvalue weighted by molar-refractivity contribution is 0.121. The van der Waals surface area contributed by atoms with E-state index in [1.165, 1.54) is 18.4 Å². The Kier molecular flexibility index (Phi) is 4.84. The van der Waals surface area contributed by atoms with Gasteiger partial charge >= 0.3 is 0 Å². The van der Waals surface area contributed by atoms with Gasteiger partial charge in [-0.2, -0.15) is 0 Å². The summed E-state index contributed by atoms with van der Waals surface area (Å²) < 4.78 is 0. The van der Waals surface area contributed by atoms with E-state index in [1.54, 1.807) is 0 Å². The van der Waals surface area contributed by atoms with Gasteiger partial charge in [-0.15, -0.1) is 0 Å². The molecular weight excluding hydrogens is 234 g/mol. The van der Waals surface area contributed by atoms with Crippen LogP contribution in [0.3, 0.4) is 0 Å². The third-order valence-electron chi connectivity index (χ3n) is 3.52. The van der Waals surface area contributed by atoms with E-state index in [4.69, 9.17) is 11.6 Å². The fourth-order valence-electron chi connectivity index (χ4n) is 2.48. The molecule has 0 radical (unpaired) electrons. The molecule has 1 atom stereocenters. The highest BCUT2D eigenvalue weighted by molar-refractivity contribution is 6.31. The summed E-state index contributed by atoms with van der Waals surface area (Å²) in [6.07, 6.45) is 3.37. The van der Waals surface area contributed by atoms with Gasteiger partial charge in [0.15, 0.2) is 0 Å². The molecule has 0 aliphatic carbocycles. The average Bonchev–Trinajstić information content (AvgIpc) is 2.38. The second-order valence-electron chi connectivity index (χ2n) is 4.83. The molecule has 1 aromatic rings. The molecule has 1 fully saturated rings. The number of nitrogens with zero attached hydrogens (tertiary/aromatic N) is 1. The maximum absolute atomic E-state index is 9.19. The first-order valence-electron chi connectivity index (χ1n) is 6.36. The quantitative estimate of drug-likeness (QED) is 0.892. The molecule has 2 rings (SSSR count). The van der Waals surface area contributed by atoms with Crippen molar-refractivity contribution in [3.8, 4) is 0 Å². The summed E-state index contributed by atoms with van der Waals surface area (Å²) >= 11 is 6.14. The van der Waals surface area contributed by atoms with Gasteiger partial charge < -0.3 is 10.0 Å². The highest BCUT2D eigenvalue weighted by atomic mass is 35.5. The summed E-state index contributed by atoms with van der Waals surface area (Å²) in [6, 6.07) is 8.04. The Morgan fingerprint density at radius 3 is 2.94 bits per heavy atom. The largest absolute Gasteiger partial charge is 0.396 e. The molecule has 0 saturated carbocycles. The topological polar surface area (TPSA) is 23.5 Å². The van der Waals surface area contributed by atoms with Crippen molar-refractivity contribution in [3.05, 3.63) is 34.9 Å². The van der Waals surface area contributed by atoms with Crippen LogP contribution >= 0.6 is 11.6 Å². The van der Waals surface area contributed by atoms with Crippen LogP contribution in [0.2, 0.25) is 5.02 Å². The fourth-order valence-corrected chi connectivity index (χ4v) is 2.71. The monoisotopic (exact) mass is 253 g/mol. The lowest BCUT2D eigenvalue weighted by atomic mass is 9.98. The van der Waals surface area contributed by atoms with Gasteiger partial charge in [0.05, 0.1) is 0 Å². The summed E-state index contributed by atoms with van der Waals surface area (Å²) in [5, 5.41) is 10.1. The maximum atomic E-state index is 9.19. The zero-order valence-electron chi connectivity index (χ0n) is 10.1. The Balaban J connectivity index is 1.84. The van der Waals surface area contributed by atoms with Crippen LogP contribution in [0.25, 0.3) is 0 Å². The van der Waals surface area contributed by atoms with Crippen molar-refractivity contribution >= 4 is 11.6 Å². The van der Waals surface area contributed by atoms with Crippen LogP contribution in [0.4, 0.5) is 0 Å². The van der Waals surface area contributed by atoms with Crippen LogP contribution in [-0.2, 0) is 6.42 Å². The molecule has 0 spiro atoms. The van der Waals surface area contributed by atoms with Crippen LogP contribution in [0.5, 0.6) is 0 Å². The van der Waals surface area contributed by atoms with Gasteiger partial charge in [0.25, 0.3) is 0 Å². The minimum atomic E-state index is 0.322. The smallest absolute Gasteiger partial charge is 0.0471 e. The van der Waals surface area contributed by atoms with Crippen molar-refractivity contribution in [2.24, 2.45) is 5.92 Å². The Morgan fingerprint density at radius 1 is 1.35 bits per heavy atom. The number of rotatable bonds is 4. The van der Waals surface area contributed by atoms with Crippen molar-refractivity contribution in [1.82, 2.24) is 4.90 Å². The summed E-state index contributed by atoms with van der Waals surface area (Å²) in [7, 11) is 0. The number of likely N-dealkylation sites (tertiary alicyclic amines) is 1. The molecule has 1 aliphatic rings. The van der Waals surface area contributed by atoms with E-state index in [1.807, 2.05) is 18.2 Å². The summed E-state index contributed by atoms with van der Waals surface area (Å²) in [4.78, 5) is 2.44. The Labute approximate surface area is 108 Å². The number of hydrogen-bond acceptors (Lipinski definition) is 2. The van der Waals surface area contributed by atoms with E-state index >= 15 is 0 Å². The molecule has 0 unspecified atom stereocenters. The average molecular weight is 254 g/mol. The highest BCUT2D eigenvalue weighted by Gasteiger charge is 2.18. The molecule has 1 aliphatic heterocycles. The van der Waals surface area contributed by atoms with Gasteiger partial charge in [0.2, 0.25) is 0 Å². The normalized spacial score (nSPS) is 21.6. The Bertz CT molecular complexity index is 356. The first-order valence-corrected chi connectivity index (χ1v) is 6.74. The molecule has 1 N–H and O–H groups in total. The van der Waals surface area contributed by atoms with Gasteiger partial charge in [0.1, 0.15) is 0 Å². The summed E-state index contributed by atoms with van der Waals surface area (Å²) in [5.41, 5.74) is 1.22. The van der Waals surface area contributed by atoms with Gasteiger partial charge in [-0.3, -0.25) is 0 Å². The second kappa shape index (κ2) is 6.39. The predicted molar refractivity (Wildman–Crippen MR) is 71.4 cm³/mol. The lowest BCUT2D eigenvalue weighted by Crippen LogP contribution is -2.37. The van der Waals surface area contributed by atoms with E-state index in [2.05, 4.69) is 11.0 Å². The lowest BCUT2D eigenvalue weighted by Gasteiger charge is -2.31. The number of halogens is 1. The summed E-state index contributed by atoms with van der Waals surface area (Å²) in [6.45, 7) is 3.55. The summed E-state index contributed by atoms with van der Waals surface area (Å²) in [5.74, 6) is 0.468. The van der Waals surface area contributed by atoms with E-state index in [0.29, 0.717) is 12.5 Å². The van der Waals surface area contributed by atoms with Crippen molar-refractivity contribution in [2.45, 2.75) is 19.3 Å². The maximum Gasteiger partial charge on any atom is 0.0471 e. The number of aliphatic hydroxyl groups is 1. The molecule has 94 valence electrons. The molecule has 0 bridgehead atoms. The highest BCUT2D eigenvalue weighted by Crippen LogP contribution is 2.19. The zero-order valence-corrected chi connectivity index (χ0v) is 10.9. The number of hydrogen-bond donors (Lipinski definition) is 1. The molecule has 1 aromatic carbocycles. The van der Waals surface area contributed by atoms with Crippen LogP contribution in [0.15, 0.2) is 24.3 Å². The minimum absolute atomic E-state index is 0.322. The molecule has 17 heavy (non-hydrogen) atoms. The van der Waals surface area contributed by atoms with Crippen LogP contribution in [0.1, 0.15) is 18.4 Å². The minimum Gasteiger partial charge on any atom is -0.396 e. The van der Waals surface area contributed by atoms with Gasteiger partial charge in [-0.1, -0.05) is 29.8 Å². The Hall–Kier alpha value is -0.570. The van der Waals surface area contributed by atoms with Gasteiger partial charge in [-0.25, -0.2) is 0 Å². The molecular formula is C14H20ClNO. The van der Waals surface area contributed by atoms with E-state index in [9.17, 15) is 5.11 Å². The first kappa shape index (κ1) is 12.9. The molecule has 2 nitrogen and oxygen atoms in total. The van der Waals surface area contributed by atoms with Crippen molar-refractivity contribution in [2.75, 3.05) is 26.2 Å². The van der Waals surface area contributed by atoms with Crippen molar-refractivity contribution in [1.29, 1.82) is 0 Å². The third kappa shape index (κ3) is 3.70. The van der Waals surface area contributed by atoms with Gasteiger partial charge in [0, 0.05) is 24.7 Å². The molecule has 0 aromatic heterocycles. The van der Waals surface area contributed by atoms with E-state index in [0.717, 1.165) is 31.1 Å². The fraction of sp³-hybridized carbons (Fsp3) is 0.571. The Morgan fingerprint density at radius 2 is 2.18 bits per heavy atom. The number of benzene rings is 1. The van der Waals surface area contributed by atoms with Crippen LogP contribution in [-0.4, -0.2) is 36.2 Å². The van der Waals surface area contributed by atoms with Crippen molar-refractivity contribution in [3.63, 3.8) is 0 Å². The van der Waals surface area contributed by atoms with Crippen molar-refractivity contribution < 1.29 is 5.11 Å². The molecule has 1 saturated heterocycles. The number of aliphatic hydroxyl groups excluding tert-OH is 1. The molecule has 3 heteroatoms. The molecule has 0 amide bonds. The van der Waals surface area contributed by atoms with Crippen LogP contribution in [0, 0.1) is 5.92 Å². The molecule has 1 heterocycles. The van der Waals surface area contributed by atoms with E-state index < -0.39 is 0 Å². The van der Waals surface area contributed by atoms with Crippen LogP contribution < -0.4 is 0 Å². The second-order valence-corrected chi connectivity index (χ2v) is 5.24. The first-order chi connectivity index (χ1) is 8.29. The standard InChI is InChI=1S/C14H20ClNO/c15-14-6-2-1-5-13(14)7-9-16-8-3-4-12(10-16)11-17/h1-2,5-6,12,17H,3-4,7-11H2/t12-/m1/s1. The number of piperidine rings is 1. The zero-order chi connectivity index (χ0) is 12.1. The predicted octanol–water partition coefficient (Wildman–Crippen LogP) is 2.59. The van der Waals surface area contributed by atoms with E-state index in [-0.39, 0.29) is 0 Å². The third-order valence-corrected chi connectivity index (χ3v) is 3.89.